The van der Waals surface area contributed by atoms with Gasteiger partial charge in [-0.2, -0.15) is 0 Å². The highest BCUT2D eigenvalue weighted by Gasteiger charge is 2.38. The number of likely N-dealkylation sites (N-methyl/N-ethyl adjacent to an activating group) is 2. The lowest BCUT2D eigenvalue weighted by molar-refractivity contribution is -0.165. The Morgan fingerprint density at radius 1 is 1.17 bits per heavy atom. The number of hydrogen-bond acceptors (Lipinski definition) is 6. The molecule has 0 aromatic carbocycles. The molecule has 2 rings (SSSR count). The van der Waals surface area contributed by atoms with Crippen LogP contribution >= 0.6 is 0 Å². The number of amides is 1. The third-order valence-electron chi connectivity index (χ3n) is 5.48. The van der Waals surface area contributed by atoms with Crippen LogP contribution < -0.4 is 0 Å². The Morgan fingerprint density at radius 2 is 1.83 bits per heavy atom. The molecule has 0 aromatic heterocycles. The second-order valence-electron chi connectivity index (χ2n) is 7.03. The molecule has 2 fully saturated rings. The summed E-state index contributed by atoms with van der Waals surface area (Å²) in [7, 11) is 9.35. The molecule has 0 saturated carbocycles. The Bertz CT molecular complexity index is 401. The number of methoxy groups -OCH3 is 2. The summed E-state index contributed by atoms with van der Waals surface area (Å²) < 4.78 is 16.6. The van der Waals surface area contributed by atoms with E-state index in [-0.39, 0.29) is 24.2 Å². The predicted molar refractivity (Wildman–Crippen MR) is 92.1 cm³/mol. The number of carbonyl (C=O) groups is 1. The molecule has 0 spiro atoms. The summed E-state index contributed by atoms with van der Waals surface area (Å²) in [4.78, 5) is 19.0. The molecule has 7 nitrogen and oxygen atoms in total. The Kier molecular flexibility index (Phi) is 7.43. The minimum absolute atomic E-state index is 0.101. The van der Waals surface area contributed by atoms with Crippen LogP contribution in [0.2, 0.25) is 0 Å². The van der Waals surface area contributed by atoms with Gasteiger partial charge >= 0.3 is 0 Å². The molecule has 0 N–H and O–H groups in total. The van der Waals surface area contributed by atoms with Gasteiger partial charge in [-0.3, -0.25) is 9.69 Å². The van der Waals surface area contributed by atoms with Gasteiger partial charge in [0.2, 0.25) is 5.91 Å². The SMILES string of the molecule is CO[C@H]1[C@H](N(C)C(=O)CN(C)C2CCN(C)CC2)COC[C@H]1OC. The van der Waals surface area contributed by atoms with Crippen LogP contribution in [0, 0.1) is 0 Å². The second kappa shape index (κ2) is 9.10. The van der Waals surface area contributed by atoms with Crippen LogP contribution in [0.1, 0.15) is 12.8 Å². The fourth-order valence-corrected chi connectivity index (χ4v) is 3.66. The fourth-order valence-electron chi connectivity index (χ4n) is 3.66. The Labute approximate surface area is 145 Å². The molecule has 0 radical (unpaired) electrons. The van der Waals surface area contributed by atoms with Crippen molar-refractivity contribution in [2.24, 2.45) is 0 Å². The first-order chi connectivity index (χ1) is 11.5. The van der Waals surface area contributed by atoms with Gasteiger partial charge < -0.3 is 24.0 Å². The molecule has 2 heterocycles. The zero-order valence-electron chi connectivity index (χ0n) is 15.7. The van der Waals surface area contributed by atoms with E-state index in [1.807, 2.05) is 14.1 Å². The molecular weight excluding hydrogens is 310 g/mol. The van der Waals surface area contributed by atoms with Crippen molar-refractivity contribution in [3.05, 3.63) is 0 Å². The molecule has 0 unspecified atom stereocenters. The topological polar surface area (TPSA) is 54.5 Å². The molecule has 2 aliphatic heterocycles. The van der Waals surface area contributed by atoms with Crippen LogP contribution in [0.25, 0.3) is 0 Å². The van der Waals surface area contributed by atoms with E-state index in [4.69, 9.17) is 14.2 Å². The van der Waals surface area contributed by atoms with Gasteiger partial charge in [-0.1, -0.05) is 0 Å². The molecule has 1 amide bonds. The maximum absolute atomic E-state index is 12.7. The minimum Gasteiger partial charge on any atom is -0.376 e. The van der Waals surface area contributed by atoms with Gasteiger partial charge in [-0.15, -0.1) is 0 Å². The highest BCUT2D eigenvalue weighted by Crippen LogP contribution is 2.20. The molecule has 24 heavy (non-hydrogen) atoms. The second-order valence-corrected chi connectivity index (χ2v) is 7.03. The maximum atomic E-state index is 12.7. The highest BCUT2D eigenvalue weighted by molar-refractivity contribution is 5.78. The van der Waals surface area contributed by atoms with Crippen LogP contribution in [-0.2, 0) is 19.0 Å². The third kappa shape index (κ3) is 4.67. The zero-order chi connectivity index (χ0) is 17.7. The average molecular weight is 343 g/mol. The van der Waals surface area contributed by atoms with Crippen LogP contribution in [0.5, 0.6) is 0 Å². The normalized spacial score (nSPS) is 29.8. The van der Waals surface area contributed by atoms with Crippen LogP contribution in [0.15, 0.2) is 0 Å². The molecule has 0 aliphatic carbocycles. The van der Waals surface area contributed by atoms with E-state index in [9.17, 15) is 4.79 Å². The average Bonchev–Trinajstić information content (AvgIpc) is 2.60. The lowest BCUT2D eigenvalue weighted by atomic mass is 10.0. The van der Waals surface area contributed by atoms with Gasteiger partial charge in [-0.05, 0) is 40.0 Å². The van der Waals surface area contributed by atoms with Crippen molar-refractivity contribution in [1.29, 1.82) is 0 Å². The summed E-state index contributed by atoms with van der Waals surface area (Å²) in [6, 6.07) is 0.359. The van der Waals surface area contributed by atoms with Crippen LogP contribution in [0.3, 0.4) is 0 Å². The summed E-state index contributed by atoms with van der Waals surface area (Å²) in [5.41, 5.74) is 0. The maximum Gasteiger partial charge on any atom is 0.236 e. The summed E-state index contributed by atoms with van der Waals surface area (Å²) in [6.45, 7) is 3.60. The largest absolute Gasteiger partial charge is 0.376 e. The van der Waals surface area contributed by atoms with Crippen molar-refractivity contribution < 1.29 is 19.0 Å². The number of hydrogen-bond donors (Lipinski definition) is 0. The van der Waals surface area contributed by atoms with E-state index in [0.717, 1.165) is 25.9 Å². The van der Waals surface area contributed by atoms with E-state index in [1.165, 1.54) is 0 Å². The number of piperidine rings is 1. The molecule has 2 aliphatic rings. The third-order valence-corrected chi connectivity index (χ3v) is 5.48. The first-order valence-corrected chi connectivity index (χ1v) is 8.75. The highest BCUT2D eigenvalue weighted by atomic mass is 16.6. The number of carbonyl (C=O) groups excluding carboxylic acids is 1. The number of likely N-dealkylation sites (tertiary alicyclic amines) is 1. The first kappa shape index (κ1) is 19.6. The van der Waals surface area contributed by atoms with Crippen molar-refractivity contribution in [2.75, 3.05) is 68.2 Å². The summed E-state index contributed by atoms with van der Waals surface area (Å²) in [5, 5.41) is 0. The first-order valence-electron chi connectivity index (χ1n) is 8.75. The number of nitrogens with zero attached hydrogens (tertiary/aromatic N) is 3. The molecule has 7 heteroatoms. The van der Waals surface area contributed by atoms with Crippen molar-refractivity contribution in [3.8, 4) is 0 Å². The van der Waals surface area contributed by atoms with E-state index in [0.29, 0.717) is 25.8 Å². The van der Waals surface area contributed by atoms with Gasteiger partial charge in [0, 0.05) is 27.3 Å². The van der Waals surface area contributed by atoms with Crippen molar-refractivity contribution in [1.82, 2.24) is 14.7 Å². The quantitative estimate of drug-likeness (QED) is 0.671. The lowest BCUT2D eigenvalue weighted by Crippen LogP contribution is -2.59. The van der Waals surface area contributed by atoms with Gasteiger partial charge in [0.1, 0.15) is 12.2 Å². The molecular formula is C17H33N3O4. The van der Waals surface area contributed by atoms with E-state index < -0.39 is 0 Å². The molecule has 0 bridgehead atoms. The fraction of sp³-hybridized carbons (Fsp3) is 0.941. The summed E-state index contributed by atoms with van der Waals surface area (Å²) in [6.07, 6.45) is 1.92. The van der Waals surface area contributed by atoms with E-state index in [1.54, 1.807) is 19.1 Å². The smallest absolute Gasteiger partial charge is 0.236 e. The van der Waals surface area contributed by atoms with Gasteiger partial charge in [-0.25, -0.2) is 0 Å². The Hall–Kier alpha value is -0.730. The van der Waals surface area contributed by atoms with Gasteiger partial charge in [0.25, 0.3) is 0 Å². The Morgan fingerprint density at radius 3 is 2.42 bits per heavy atom. The number of rotatable bonds is 6. The Balaban J connectivity index is 1.90. The minimum atomic E-state index is -0.161. The van der Waals surface area contributed by atoms with Crippen LogP contribution in [-0.4, -0.2) is 113 Å². The monoisotopic (exact) mass is 343 g/mol. The van der Waals surface area contributed by atoms with Gasteiger partial charge in [0.05, 0.1) is 25.8 Å². The number of ether oxygens (including phenoxy) is 3. The van der Waals surface area contributed by atoms with E-state index >= 15 is 0 Å². The summed E-state index contributed by atoms with van der Waals surface area (Å²) in [5.74, 6) is 0.101. The molecule has 140 valence electrons. The van der Waals surface area contributed by atoms with Crippen LogP contribution in [0.4, 0.5) is 0 Å². The van der Waals surface area contributed by atoms with Crippen molar-refractivity contribution in [3.63, 3.8) is 0 Å². The molecule has 2 saturated heterocycles. The van der Waals surface area contributed by atoms with Crippen molar-refractivity contribution >= 4 is 5.91 Å². The lowest BCUT2D eigenvalue weighted by Gasteiger charge is -2.41. The standard InChI is InChI=1S/C17H33N3O4/c1-18-8-6-13(7-9-18)19(2)10-16(21)20(3)14-11-24-12-15(22-4)17(14)23-5/h13-15,17H,6-12H2,1-5H3/t14-,15-,17+/m1/s1. The summed E-state index contributed by atoms with van der Waals surface area (Å²) >= 11 is 0. The zero-order valence-corrected chi connectivity index (χ0v) is 15.7. The van der Waals surface area contributed by atoms with E-state index in [2.05, 4.69) is 16.8 Å². The molecule has 0 aromatic rings. The van der Waals surface area contributed by atoms with Gasteiger partial charge in [0.15, 0.2) is 0 Å². The van der Waals surface area contributed by atoms with Crippen molar-refractivity contribution in [2.45, 2.75) is 37.1 Å². The predicted octanol–water partition coefficient (Wildman–Crippen LogP) is -0.100. The molecule has 3 atom stereocenters.